The highest BCUT2D eigenvalue weighted by atomic mass is 16.3. The number of nitrogens with zero attached hydrogens (tertiary/aromatic N) is 4. The molecule has 7 heteroatoms. The first-order valence-electron chi connectivity index (χ1n) is 5.03. The van der Waals surface area contributed by atoms with Crippen LogP contribution in [0.3, 0.4) is 0 Å². The average Bonchev–Trinajstić information content (AvgIpc) is 2.56. The van der Waals surface area contributed by atoms with E-state index in [1.165, 1.54) is 4.40 Å². The minimum Gasteiger partial charge on any atom is -0.389 e. The number of aryl methyl sites for hydroxylation is 1. The predicted octanol–water partition coefficient (Wildman–Crippen LogP) is -1.09. The molecule has 1 saturated heterocycles. The maximum Gasteiger partial charge on any atom is 0.349 e. The Kier molecular flexibility index (Phi) is 1.78. The highest BCUT2D eigenvalue weighted by Gasteiger charge is 2.26. The number of aliphatic hydroxyl groups is 1. The van der Waals surface area contributed by atoms with Crippen molar-refractivity contribution in [3.8, 4) is 0 Å². The fourth-order valence-corrected chi connectivity index (χ4v) is 1.89. The van der Waals surface area contributed by atoms with Gasteiger partial charge in [-0.15, -0.1) is 0 Å². The third kappa shape index (κ3) is 1.21. The minimum absolute atomic E-state index is 0.278. The molecule has 0 radical (unpaired) electrons. The Morgan fingerprint density at radius 1 is 1.56 bits per heavy atom. The number of rotatable bonds is 1. The van der Waals surface area contributed by atoms with Crippen molar-refractivity contribution >= 4 is 11.5 Å². The van der Waals surface area contributed by atoms with Crippen LogP contribution in [0.15, 0.2) is 10.9 Å². The van der Waals surface area contributed by atoms with Crippen LogP contribution in [-0.4, -0.2) is 43.9 Å². The molecule has 0 amide bonds. The van der Waals surface area contributed by atoms with Gasteiger partial charge in [-0.3, -0.25) is 0 Å². The first-order chi connectivity index (χ1) is 7.65. The highest BCUT2D eigenvalue weighted by Crippen LogP contribution is 2.19. The molecule has 2 aromatic rings. The Bertz CT molecular complexity index is 595. The second kappa shape index (κ2) is 3.05. The number of aromatic nitrogens is 4. The molecule has 7 nitrogen and oxygen atoms in total. The second-order valence-corrected chi connectivity index (χ2v) is 3.94. The van der Waals surface area contributed by atoms with Crippen LogP contribution in [0.5, 0.6) is 0 Å². The summed E-state index contributed by atoms with van der Waals surface area (Å²) in [7, 11) is 0. The topological polar surface area (TPSA) is 86.5 Å². The van der Waals surface area contributed by atoms with Gasteiger partial charge < -0.3 is 10.0 Å². The largest absolute Gasteiger partial charge is 0.389 e. The smallest absolute Gasteiger partial charge is 0.349 e. The van der Waals surface area contributed by atoms with Crippen molar-refractivity contribution in [2.45, 2.75) is 13.0 Å². The summed E-state index contributed by atoms with van der Waals surface area (Å²) in [5, 5.41) is 15.5. The number of anilines is 1. The molecule has 16 heavy (non-hydrogen) atoms. The van der Waals surface area contributed by atoms with Crippen LogP contribution < -0.4 is 10.6 Å². The molecule has 1 aliphatic heterocycles. The van der Waals surface area contributed by atoms with Crippen molar-refractivity contribution in [3.05, 3.63) is 22.4 Å². The molecule has 0 spiro atoms. The lowest BCUT2D eigenvalue weighted by atomic mass is 10.2. The van der Waals surface area contributed by atoms with Gasteiger partial charge in [0.05, 0.1) is 6.10 Å². The van der Waals surface area contributed by atoms with Gasteiger partial charge in [0, 0.05) is 19.2 Å². The fourth-order valence-electron chi connectivity index (χ4n) is 1.89. The van der Waals surface area contributed by atoms with Crippen molar-refractivity contribution < 1.29 is 5.11 Å². The van der Waals surface area contributed by atoms with Crippen molar-refractivity contribution in [1.82, 2.24) is 19.6 Å². The van der Waals surface area contributed by atoms with E-state index >= 15 is 0 Å². The van der Waals surface area contributed by atoms with Crippen LogP contribution >= 0.6 is 0 Å². The molecule has 2 aromatic heterocycles. The minimum atomic E-state index is -0.282. The average molecular weight is 221 g/mol. The van der Waals surface area contributed by atoms with Crippen molar-refractivity contribution in [2.24, 2.45) is 0 Å². The van der Waals surface area contributed by atoms with Gasteiger partial charge in [-0.1, -0.05) is 0 Å². The molecule has 3 heterocycles. The zero-order valence-electron chi connectivity index (χ0n) is 8.71. The van der Waals surface area contributed by atoms with Gasteiger partial charge in [0.2, 0.25) is 0 Å². The van der Waals surface area contributed by atoms with Crippen LogP contribution in [-0.2, 0) is 0 Å². The number of nitrogens with one attached hydrogen (secondary N) is 1. The third-order valence-corrected chi connectivity index (χ3v) is 2.74. The first-order valence-corrected chi connectivity index (χ1v) is 5.03. The van der Waals surface area contributed by atoms with Gasteiger partial charge in [0.15, 0.2) is 5.65 Å². The quantitative estimate of drug-likeness (QED) is 0.638. The van der Waals surface area contributed by atoms with Crippen LogP contribution in [0.25, 0.3) is 5.65 Å². The summed E-state index contributed by atoms with van der Waals surface area (Å²) in [4.78, 5) is 17.6. The molecule has 0 saturated carbocycles. The second-order valence-electron chi connectivity index (χ2n) is 3.94. The number of β-amino-alcohol motifs (C(OH)–C–C–N with tert-alkyl or cyclic N) is 1. The Hall–Kier alpha value is -1.89. The van der Waals surface area contributed by atoms with E-state index in [1.807, 2.05) is 4.90 Å². The van der Waals surface area contributed by atoms with E-state index in [0.29, 0.717) is 24.6 Å². The molecule has 0 unspecified atom stereocenters. The van der Waals surface area contributed by atoms with Crippen molar-refractivity contribution in [1.29, 1.82) is 0 Å². The Morgan fingerprint density at radius 2 is 2.31 bits per heavy atom. The number of fused-ring (bicyclic) bond motifs is 1. The molecule has 1 aliphatic rings. The fraction of sp³-hybridized carbons (Fsp3) is 0.444. The molecular weight excluding hydrogens is 210 g/mol. The summed E-state index contributed by atoms with van der Waals surface area (Å²) in [5.41, 5.74) is 0.268. The van der Waals surface area contributed by atoms with Crippen molar-refractivity contribution in [2.75, 3.05) is 18.0 Å². The van der Waals surface area contributed by atoms with Gasteiger partial charge in [0.1, 0.15) is 11.6 Å². The van der Waals surface area contributed by atoms with Crippen LogP contribution in [0.4, 0.5) is 5.82 Å². The third-order valence-electron chi connectivity index (χ3n) is 2.74. The van der Waals surface area contributed by atoms with Crippen molar-refractivity contribution in [3.63, 3.8) is 0 Å². The Balaban J connectivity index is 2.11. The lowest BCUT2D eigenvalue weighted by Gasteiger charge is -2.36. The van der Waals surface area contributed by atoms with E-state index in [9.17, 15) is 9.90 Å². The number of hydrogen-bond donors (Lipinski definition) is 2. The zero-order valence-corrected chi connectivity index (χ0v) is 8.71. The van der Waals surface area contributed by atoms with Crippen LogP contribution in [0.2, 0.25) is 0 Å². The summed E-state index contributed by atoms with van der Waals surface area (Å²) in [5.74, 6) is 1.34. The van der Waals surface area contributed by atoms with E-state index in [-0.39, 0.29) is 11.8 Å². The molecule has 0 aromatic carbocycles. The predicted molar refractivity (Wildman–Crippen MR) is 56.6 cm³/mol. The monoisotopic (exact) mass is 221 g/mol. The molecule has 0 bridgehead atoms. The van der Waals surface area contributed by atoms with Gasteiger partial charge in [-0.25, -0.2) is 19.3 Å². The Morgan fingerprint density at radius 3 is 3.00 bits per heavy atom. The van der Waals surface area contributed by atoms with E-state index in [4.69, 9.17) is 0 Å². The summed E-state index contributed by atoms with van der Waals surface area (Å²) in [6.07, 6.45) is -0.278. The van der Waals surface area contributed by atoms with Gasteiger partial charge in [-0.05, 0) is 6.92 Å². The van der Waals surface area contributed by atoms with Gasteiger partial charge in [0.25, 0.3) is 0 Å². The maximum absolute atomic E-state index is 11.4. The molecule has 0 atom stereocenters. The standard InChI is InChI=1S/C9H11N5O2/c1-5-10-7(13-3-6(15)4-13)2-8-11-12-9(16)14(5)8/h2,6,15H,3-4H2,1H3,(H,12,16). The Labute approximate surface area is 90.3 Å². The van der Waals surface area contributed by atoms with E-state index in [0.717, 1.165) is 5.82 Å². The summed E-state index contributed by atoms with van der Waals surface area (Å²) >= 11 is 0. The number of aliphatic hydroxyl groups excluding tert-OH is 1. The van der Waals surface area contributed by atoms with Crippen LogP contribution in [0.1, 0.15) is 5.82 Å². The lowest BCUT2D eigenvalue weighted by Crippen LogP contribution is -2.51. The SMILES string of the molecule is Cc1nc(N2CC(O)C2)cc2n[nH]c(=O)n12. The van der Waals surface area contributed by atoms with E-state index in [2.05, 4.69) is 15.2 Å². The highest BCUT2D eigenvalue weighted by molar-refractivity contribution is 5.52. The maximum atomic E-state index is 11.4. The van der Waals surface area contributed by atoms with E-state index < -0.39 is 0 Å². The van der Waals surface area contributed by atoms with E-state index in [1.54, 1.807) is 13.0 Å². The van der Waals surface area contributed by atoms with Crippen LogP contribution in [0, 0.1) is 6.92 Å². The number of hydrogen-bond acceptors (Lipinski definition) is 5. The number of H-pyrrole nitrogens is 1. The summed E-state index contributed by atoms with van der Waals surface area (Å²) in [6.45, 7) is 2.91. The summed E-state index contributed by atoms with van der Waals surface area (Å²) < 4.78 is 1.42. The molecular formula is C9H11N5O2. The molecule has 84 valence electrons. The molecule has 0 aliphatic carbocycles. The zero-order chi connectivity index (χ0) is 11.3. The normalized spacial score (nSPS) is 16.8. The first kappa shape index (κ1) is 9.34. The van der Waals surface area contributed by atoms with Gasteiger partial charge >= 0.3 is 5.69 Å². The summed E-state index contributed by atoms with van der Waals surface area (Å²) in [6, 6.07) is 1.73. The lowest BCUT2D eigenvalue weighted by molar-refractivity contribution is 0.141. The van der Waals surface area contributed by atoms with Gasteiger partial charge in [-0.2, -0.15) is 5.10 Å². The molecule has 2 N–H and O–H groups in total. The molecule has 3 rings (SSSR count). The molecule has 1 fully saturated rings. The number of aromatic amines is 1.